The number of halogens is 1. The molecule has 0 saturated heterocycles. The molecule has 17 heavy (non-hydrogen) atoms. The van der Waals surface area contributed by atoms with Crippen LogP contribution in [0.5, 0.6) is 0 Å². The first-order valence-electron chi connectivity index (χ1n) is 5.31. The molecule has 0 radical (unpaired) electrons. The molecule has 1 aromatic carbocycles. The third-order valence-electron chi connectivity index (χ3n) is 2.34. The summed E-state index contributed by atoms with van der Waals surface area (Å²) < 4.78 is 0.974. The summed E-state index contributed by atoms with van der Waals surface area (Å²) in [6, 6.07) is 6.85. The topological polar surface area (TPSA) is 66.4 Å². The summed E-state index contributed by atoms with van der Waals surface area (Å²) in [7, 11) is 0. The van der Waals surface area contributed by atoms with Gasteiger partial charge in [0, 0.05) is 15.2 Å². The lowest BCUT2D eigenvalue weighted by Gasteiger charge is -2.14. The number of carbonyl (C=O) groups is 2. The van der Waals surface area contributed by atoms with Gasteiger partial charge in [-0.1, -0.05) is 13.0 Å². The molecule has 1 amide bonds. The van der Waals surface area contributed by atoms with Crippen LogP contribution in [0.15, 0.2) is 24.3 Å². The minimum Gasteiger partial charge on any atom is -0.481 e. The average Bonchev–Trinajstić information content (AvgIpc) is 2.27. The lowest BCUT2D eigenvalue weighted by molar-refractivity contribution is -0.137. The van der Waals surface area contributed by atoms with Crippen molar-refractivity contribution in [1.29, 1.82) is 0 Å². The smallest absolute Gasteiger partial charge is 0.305 e. The highest BCUT2D eigenvalue weighted by Crippen LogP contribution is 2.08. The van der Waals surface area contributed by atoms with Crippen molar-refractivity contribution in [2.24, 2.45) is 0 Å². The average molecular weight is 347 g/mol. The third-order valence-corrected chi connectivity index (χ3v) is 3.01. The van der Waals surface area contributed by atoms with E-state index in [0.717, 1.165) is 3.57 Å². The van der Waals surface area contributed by atoms with Gasteiger partial charge in [-0.05, 0) is 47.2 Å². The van der Waals surface area contributed by atoms with Crippen molar-refractivity contribution < 1.29 is 14.7 Å². The fourth-order valence-electron chi connectivity index (χ4n) is 1.41. The first-order valence-corrected chi connectivity index (χ1v) is 6.39. The van der Waals surface area contributed by atoms with E-state index < -0.39 is 5.97 Å². The summed E-state index contributed by atoms with van der Waals surface area (Å²) in [5, 5.41) is 11.4. The van der Waals surface area contributed by atoms with Gasteiger partial charge in [-0.15, -0.1) is 0 Å². The van der Waals surface area contributed by atoms with Gasteiger partial charge in [0.1, 0.15) is 0 Å². The summed E-state index contributed by atoms with van der Waals surface area (Å²) in [5.74, 6) is -1.13. The fourth-order valence-corrected chi connectivity index (χ4v) is 1.95. The largest absolute Gasteiger partial charge is 0.481 e. The Morgan fingerprint density at radius 1 is 1.47 bits per heavy atom. The number of aliphatic carboxylic acids is 1. The van der Waals surface area contributed by atoms with Gasteiger partial charge in [0.2, 0.25) is 0 Å². The van der Waals surface area contributed by atoms with Crippen molar-refractivity contribution in [2.75, 3.05) is 0 Å². The Labute approximate surface area is 114 Å². The summed E-state index contributed by atoms with van der Waals surface area (Å²) in [6.45, 7) is 1.85. The molecule has 0 aromatic heterocycles. The molecule has 0 saturated carbocycles. The molecule has 1 atom stereocenters. The number of nitrogens with one attached hydrogen (secondary N) is 1. The molecule has 0 heterocycles. The van der Waals surface area contributed by atoms with Crippen molar-refractivity contribution in [1.82, 2.24) is 5.32 Å². The number of hydrogen-bond acceptors (Lipinski definition) is 2. The molecule has 5 heteroatoms. The molecule has 0 aliphatic carbocycles. The van der Waals surface area contributed by atoms with E-state index in [4.69, 9.17) is 5.11 Å². The van der Waals surface area contributed by atoms with Crippen LogP contribution in [0.2, 0.25) is 0 Å². The Bertz CT molecular complexity index is 420. The summed E-state index contributed by atoms with van der Waals surface area (Å²) in [6.07, 6.45) is 0.550. The Hall–Kier alpha value is -1.11. The number of benzene rings is 1. The Kier molecular flexibility index (Phi) is 5.40. The minimum atomic E-state index is -0.903. The van der Waals surface area contributed by atoms with Gasteiger partial charge in [-0.2, -0.15) is 0 Å². The molecule has 0 aliphatic heterocycles. The molecular weight excluding hydrogens is 333 g/mol. The number of rotatable bonds is 5. The summed E-state index contributed by atoms with van der Waals surface area (Å²) in [4.78, 5) is 22.4. The predicted octanol–water partition coefficient (Wildman–Crippen LogP) is 2.27. The molecule has 1 aromatic rings. The van der Waals surface area contributed by atoms with Crippen LogP contribution in [0.3, 0.4) is 0 Å². The molecule has 0 bridgehead atoms. The normalized spacial score (nSPS) is 11.9. The van der Waals surface area contributed by atoms with Crippen LogP contribution in [0.4, 0.5) is 0 Å². The Balaban J connectivity index is 2.67. The zero-order valence-electron chi connectivity index (χ0n) is 9.44. The highest BCUT2D eigenvalue weighted by Gasteiger charge is 2.15. The maximum absolute atomic E-state index is 11.8. The van der Waals surface area contributed by atoms with E-state index in [9.17, 15) is 9.59 Å². The van der Waals surface area contributed by atoms with E-state index in [2.05, 4.69) is 27.9 Å². The van der Waals surface area contributed by atoms with Crippen LogP contribution >= 0.6 is 22.6 Å². The van der Waals surface area contributed by atoms with Crippen molar-refractivity contribution in [3.63, 3.8) is 0 Å². The van der Waals surface area contributed by atoms with Crippen LogP contribution in [0.1, 0.15) is 30.1 Å². The predicted molar refractivity (Wildman–Crippen MR) is 73.0 cm³/mol. The molecule has 1 unspecified atom stereocenters. The molecule has 2 N–H and O–H groups in total. The van der Waals surface area contributed by atoms with E-state index in [1.165, 1.54) is 0 Å². The lowest BCUT2D eigenvalue weighted by Crippen LogP contribution is -2.36. The zero-order chi connectivity index (χ0) is 12.8. The van der Waals surface area contributed by atoms with Crippen LogP contribution in [-0.4, -0.2) is 23.0 Å². The fraction of sp³-hybridized carbons (Fsp3) is 0.333. The third kappa shape index (κ3) is 4.72. The molecule has 0 aliphatic rings. The lowest BCUT2D eigenvalue weighted by atomic mass is 10.1. The quantitative estimate of drug-likeness (QED) is 0.803. The number of hydrogen-bond donors (Lipinski definition) is 2. The van der Waals surface area contributed by atoms with Gasteiger partial charge in [-0.25, -0.2) is 0 Å². The van der Waals surface area contributed by atoms with Crippen molar-refractivity contribution >= 4 is 34.5 Å². The molecule has 4 nitrogen and oxygen atoms in total. The number of carbonyl (C=O) groups excluding carboxylic acids is 1. The number of carboxylic acids is 1. The maximum atomic E-state index is 11.8. The van der Waals surface area contributed by atoms with E-state index >= 15 is 0 Å². The van der Waals surface area contributed by atoms with Gasteiger partial charge in [0.15, 0.2) is 0 Å². The van der Waals surface area contributed by atoms with E-state index in [1.807, 2.05) is 13.0 Å². The van der Waals surface area contributed by atoms with Gasteiger partial charge in [0.05, 0.1) is 6.42 Å². The second kappa shape index (κ2) is 6.58. The highest BCUT2D eigenvalue weighted by atomic mass is 127. The van der Waals surface area contributed by atoms with E-state index in [0.29, 0.717) is 12.0 Å². The van der Waals surface area contributed by atoms with Gasteiger partial charge in [-0.3, -0.25) is 9.59 Å². The molecule has 0 fully saturated rings. The Morgan fingerprint density at radius 2 is 2.18 bits per heavy atom. The monoisotopic (exact) mass is 347 g/mol. The number of amides is 1. The minimum absolute atomic E-state index is 0.0494. The molecule has 1 rings (SSSR count). The van der Waals surface area contributed by atoms with Crippen LogP contribution in [-0.2, 0) is 4.79 Å². The van der Waals surface area contributed by atoms with Gasteiger partial charge >= 0.3 is 5.97 Å². The second-order valence-electron chi connectivity index (χ2n) is 3.69. The van der Waals surface area contributed by atoms with Gasteiger partial charge in [0.25, 0.3) is 5.91 Å². The van der Waals surface area contributed by atoms with Crippen LogP contribution in [0, 0.1) is 3.57 Å². The molecule has 92 valence electrons. The summed E-state index contributed by atoms with van der Waals surface area (Å²) >= 11 is 2.13. The van der Waals surface area contributed by atoms with Crippen molar-refractivity contribution in [2.45, 2.75) is 25.8 Å². The number of carboxylic acid groups (broad SMARTS) is 1. The van der Waals surface area contributed by atoms with E-state index in [-0.39, 0.29) is 18.4 Å². The summed E-state index contributed by atoms with van der Waals surface area (Å²) in [5.41, 5.74) is 0.556. The maximum Gasteiger partial charge on any atom is 0.305 e. The van der Waals surface area contributed by atoms with Crippen molar-refractivity contribution in [3.05, 3.63) is 33.4 Å². The Morgan fingerprint density at radius 3 is 2.71 bits per heavy atom. The highest BCUT2D eigenvalue weighted by molar-refractivity contribution is 14.1. The molecular formula is C12H14INO3. The first-order chi connectivity index (χ1) is 8.02. The SMILES string of the molecule is CCC(CC(=O)O)NC(=O)c1cccc(I)c1. The standard InChI is InChI=1S/C12H14INO3/c1-2-10(7-11(15)16)14-12(17)8-4-3-5-9(13)6-8/h3-6,10H,2,7H2,1H3,(H,14,17)(H,15,16). The van der Waals surface area contributed by atoms with E-state index in [1.54, 1.807) is 18.2 Å². The van der Waals surface area contributed by atoms with Crippen LogP contribution < -0.4 is 5.32 Å². The molecule has 0 spiro atoms. The zero-order valence-corrected chi connectivity index (χ0v) is 11.6. The van der Waals surface area contributed by atoms with Crippen LogP contribution in [0.25, 0.3) is 0 Å². The van der Waals surface area contributed by atoms with Crippen molar-refractivity contribution in [3.8, 4) is 0 Å². The second-order valence-corrected chi connectivity index (χ2v) is 4.93. The van der Waals surface area contributed by atoms with Gasteiger partial charge < -0.3 is 10.4 Å². The first kappa shape index (κ1) is 14.0.